The Morgan fingerprint density at radius 3 is 2.82 bits per heavy atom. The van der Waals surface area contributed by atoms with E-state index >= 15 is 0 Å². The molecule has 0 aromatic carbocycles. The SMILES string of the molecule is C=C/C(Br)=C1/OC=CC1(C)Br. The molecule has 0 bridgehead atoms. The molecule has 0 aromatic rings. The Labute approximate surface area is 83.1 Å². The molecule has 3 heteroatoms. The lowest BCUT2D eigenvalue weighted by Gasteiger charge is -2.14. The molecule has 1 rings (SSSR count). The van der Waals surface area contributed by atoms with E-state index in [0.29, 0.717) is 0 Å². The average Bonchev–Trinajstić information content (AvgIpc) is 2.28. The van der Waals surface area contributed by atoms with Gasteiger partial charge >= 0.3 is 0 Å². The Kier molecular flexibility index (Phi) is 2.60. The Bertz CT molecular complexity index is 238. The van der Waals surface area contributed by atoms with Crippen LogP contribution in [0.2, 0.25) is 0 Å². The normalized spacial score (nSPS) is 33.4. The van der Waals surface area contributed by atoms with Crippen LogP contribution in [0.1, 0.15) is 6.92 Å². The van der Waals surface area contributed by atoms with E-state index in [-0.39, 0.29) is 4.32 Å². The molecule has 0 saturated carbocycles. The van der Waals surface area contributed by atoms with Crippen LogP contribution >= 0.6 is 31.9 Å². The predicted octanol–water partition coefficient (Wildman–Crippen LogP) is 3.48. The lowest BCUT2D eigenvalue weighted by Crippen LogP contribution is -2.12. The van der Waals surface area contributed by atoms with Crippen LogP contribution in [0.25, 0.3) is 0 Å². The van der Waals surface area contributed by atoms with Crippen LogP contribution < -0.4 is 0 Å². The van der Waals surface area contributed by atoms with Gasteiger partial charge < -0.3 is 4.74 Å². The highest BCUT2D eigenvalue weighted by molar-refractivity contribution is 9.12. The van der Waals surface area contributed by atoms with Gasteiger partial charge in [0.25, 0.3) is 0 Å². The van der Waals surface area contributed by atoms with Gasteiger partial charge in [-0.2, -0.15) is 0 Å². The Balaban J connectivity index is 3.02. The van der Waals surface area contributed by atoms with Crippen molar-refractivity contribution in [3.8, 4) is 0 Å². The molecule has 1 heterocycles. The standard InChI is InChI=1S/C8H8Br2O/c1-3-6(9)7-8(2,10)4-5-11-7/h3-5H,1H2,2H3/b7-6-. The maximum Gasteiger partial charge on any atom is 0.138 e. The van der Waals surface area contributed by atoms with Gasteiger partial charge in [-0.15, -0.1) is 0 Å². The summed E-state index contributed by atoms with van der Waals surface area (Å²) in [6, 6.07) is 0. The summed E-state index contributed by atoms with van der Waals surface area (Å²) in [5, 5.41) is 0. The summed E-state index contributed by atoms with van der Waals surface area (Å²) in [7, 11) is 0. The molecular formula is C8H8Br2O. The van der Waals surface area contributed by atoms with E-state index in [2.05, 4.69) is 38.4 Å². The van der Waals surface area contributed by atoms with Crippen molar-refractivity contribution in [2.24, 2.45) is 0 Å². The predicted molar refractivity (Wildman–Crippen MR) is 53.7 cm³/mol. The Morgan fingerprint density at radius 1 is 1.82 bits per heavy atom. The fraction of sp³-hybridized carbons (Fsp3) is 0.250. The summed E-state index contributed by atoms with van der Waals surface area (Å²) < 4.78 is 5.94. The van der Waals surface area contributed by atoms with Crippen LogP contribution in [-0.4, -0.2) is 4.32 Å². The first-order valence-corrected chi connectivity index (χ1v) is 4.72. The highest BCUT2D eigenvalue weighted by Gasteiger charge is 2.30. The molecule has 1 aliphatic heterocycles. The van der Waals surface area contributed by atoms with Crippen LogP contribution in [0.3, 0.4) is 0 Å². The van der Waals surface area contributed by atoms with Crippen molar-refractivity contribution in [3.05, 3.63) is 35.2 Å². The fourth-order valence-corrected chi connectivity index (χ4v) is 1.99. The highest BCUT2D eigenvalue weighted by atomic mass is 79.9. The Hall–Kier alpha value is -0.0200. The summed E-state index contributed by atoms with van der Waals surface area (Å²) >= 11 is 6.85. The van der Waals surface area contributed by atoms with Crippen LogP contribution in [0.15, 0.2) is 35.2 Å². The molecule has 60 valence electrons. The lowest BCUT2D eigenvalue weighted by atomic mass is 10.1. The van der Waals surface area contributed by atoms with Crippen LogP contribution in [0.4, 0.5) is 0 Å². The molecule has 1 aliphatic rings. The molecule has 0 N–H and O–H groups in total. The first-order chi connectivity index (χ1) is 5.08. The number of hydrogen-bond acceptors (Lipinski definition) is 1. The summed E-state index contributed by atoms with van der Waals surface area (Å²) in [5.74, 6) is 0.840. The van der Waals surface area contributed by atoms with Crippen molar-refractivity contribution in [1.29, 1.82) is 0 Å². The minimum atomic E-state index is -0.194. The summed E-state index contributed by atoms with van der Waals surface area (Å²) in [6.45, 7) is 5.65. The number of ether oxygens (including phenoxy) is 1. The van der Waals surface area contributed by atoms with Crippen molar-refractivity contribution in [2.45, 2.75) is 11.2 Å². The minimum Gasteiger partial charge on any atom is -0.467 e. The number of alkyl halides is 1. The molecule has 0 aliphatic carbocycles. The summed E-state index contributed by atoms with van der Waals surface area (Å²) in [5.41, 5.74) is 0. The van der Waals surface area contributed by atoms with E-state index in [1.807, 2.05) is 13.0 Å². The van der Waals surface area contributed by atoms with Crippen LogP contribution in [0.5, 0.6) is 0 Å². The minimum absolute atomic E-state index is 0.194. The van der Waals surface area contributed by atoms with Gasteiger partial charge in [0.15, 0.2) is 0 Å². The van der Waals surface area contributed by atoms with Gasteiger partial charge in [-0.05, 0) is 28.9 Å². The first-order valence-electron chi connectivity index (χ1n) is 3.14. The maximum atomic E-state index is 5.25. The zero-order valence-electron chi connectivity index (χ0n) is 6.10. The van der Waals surface area contributed by atoms with E-state index in [1.54, 1.807) is 12.3 Å². The topological polar surface area (TPSA) is 9.23 Å². The van der Waals surface area contributed by atoms with Crippen molar-refractivity contribution in [3.63, 3.8) is 0 Å². The molecule has 11 heavy (non-hydrogen) atoms. The van der Waals surface area contributed by atoms with Gasteiger partial charge in [0.05, 0.1) is 10.7 Å². The smallest absolute Gasteiger partial charge is 0.138 e. The van der Waals surface area contributed by atoms with E-state index in [0.717, 1.165) is 10.2 Å². The molecule has 0 fully saturated rings. The lowest BCUT2D eigenvalue weighted by molar-refractivity contribution is 0.355. The van der Waals surface area contributed by atoms with Gasteiger partial charge in [0, 0.05) is 0 Å². The first kappa shape index (κ1) is 9.07. The number of halogens is 2. The third kappa shape index (κ3) is 1.76. The number of hydrogen-bond donors (Lipinski definition) is 0. The molecule has 0 spiro atoms. The second kappa shape index (κ2) is 3.15. The van der Waals surface area contributed by atoms with Crippen molar-refractivity contribution < 1.29 is 4.74 Å². The molecule has 0 aromatic heterocycles. The van der Waals surface area contributed by atoms with E-state index in [9.17, 15) is 0 Å². The van der Waals surface area contributed by atoms with Crippen LogP contribution in [-0.2, 0) is 4.74 Å². The highest BCUT2D eigenvalue weighted by Crippen LogP contribution is 2.38. The van der Waals surface area contributed by atoms with Gasteiger partial charge in [-0.3, -0.25) is 0 Å². The molecule has 1 atom stereocenters. The van der Waals surface area contributed by atoms with E-state index < -0.39 is 0 Å². The monoisotopic (exact) mass is 278 g/mol. The maximum absolute atomic E-state index is 5.25. The Morgan fingerprint density at radius 2 is 2.45 bits per heavy atom. The van der Waals surface area contributed by atoms with Gasteiger partial charge in [0.1, 0.15) is 10.1 Å². The zero-order chi connectivity index (χ0) is 8.48. The zero-order valence-corrected chi connectivity index (χ0v) is 9.28. The molecule has 0 saturated heterocycles. The van der Waals surface area contributed by atoms with Crippen molar-refractivity contribution >= 4 is 31.9 Å². The molecule has 1 unspecified atom stereocenters. The second-order valence-corrected chi connectivity index (χ2v) is 4.88. The third-order valence-corrected chi connectivity index (χ3v) is 2.72. The van der Waals surface area contributed by atoms with Crippen molar-refractivity contribution in [2.75, 3.05) is 0 Å². The van der Waals surface area contributed by atoms with E-state index in [1.165, 1.54) is 0 Å². The molecule has 0 amide bonds. The third-order valence-electron chi connectivity index (χ3n) is 1.41. The quantitative estimate of drug-likeness (QED) is 0.668. The van der Waals surface area contributed by atoms with Gasteiger partial charge in [-0.25, -0.2) is 0 Å². The molecule has 1 nitrogen and oxygen atoms in total. The van der Waals surface area contributed by atoms with Crippen LogP contribution in [0, 0.1) is 0 Å². The molecular weight excluding hydrogens is 272 g/mol. The number of rotatable bonds is 1. The second-order valence-electron chi connectivity index (χ2n) is 2.38. The average molecular weight is 280 g/mol. The van der Waals surface area contributed by atoms with Crippen molar-refractivity contribution in [1.82, 2.24) is 0 Å². The largest absolute Gasteiger partial charge is 0.467 e. The molecule has 0 radical (unpaired) electrons. The fourth-order valence-electron chi connectivity index (χ4n) is 0.803. The summed E-state index contributed by atoms with van der Waals surface area (Å²) in [6.07, 6.45) is 5.31. The van der Waals surface area contributed by atoms with Gasteiger partial charge in [-0.1, -0.05) is 28.6 Å². The number of allylic oxidation sites excluding steroid dienone is 3. The summed E-state index contributed by atoms with van der Waals surface area (Å²) in [4.78, 5) is 0. The van der Waals surface area contributed by atoms with E-state index in [4.69, 9.17) is 4.74 Å². The van der Waals surface area contributed by atoms with Gasteiger partial charge in [0.2, 0.25) is 0 Å².